The Hall–Kier alpha value is -3.68. The molecule has 0 fully saturated rings. The van der Waals surface area contributed by atoms with Gasteiger partial charge in [-0.25, -0.2) is 0 Å². The Bertz CT molecular complexity index is 1430. The summed E-state index contributed by atoms with van der Waals surface area (Å²) in [5.74, 6) is 0. The summed E-state index contributed by atoms with van der Waals surface area (Å²) in [5.41, 5.74) is 11.5. The second-order valence-electron chi connectivity index (χ2n) is 8.23. The van der Waals surface area contributed by atoms with Gasteiger partial charge in [0, 0.05) is 0 Å². The van der Waals surface area contributed by atoms with Crippen molar-refractivity contribution in [3.05, 3.63) is 120 Å². The fourth-order valence-electron chi connectivity index (χ4n) is 4.99. The zero-order valence-electron chi connectivity index (χ0n) is 17.2. The van der Waals surface area contributed by atoms with Crippen LogP contribution in [0.15, 0.2) is 103 Å². The predicted octanol–water partition coefficient (Wildman–Crippen LogP) is 7.24. The normalized spacial score (nSPS) is 12.0. The van der Waals surface area contributed by atoms with Crippen molar-refractivity contribution in [2.24, 2.45) is 0 Å². The Kier molecular flexibility index (Phi) is 4.22. The molecule has 31 heavy (non-hydrogen) atoms. The Balaban J connectivity index is 1.63. The first-order valence-electron chi connectivity index (χ1n) is 10.8. The Labute approximate surface area is 182 Å². The van der Waals surface area contributed by atoms with Crippen molar-refractivity contribution in [1.29, 1.82) is 0 Å². The largest absolute Gasteiger partial charge is 0.392 e. The smallest absolute Gasteiger partial charge is 0.0681 e. The molecule has 0 heterocycles. The van der Waals surface area contributed by atoms with Crippen LogP contribution in [0.25, 0.3) is 44.2 Å². The van der Waals surface area contributed by atoms with Gasteiger partial charge in [0.1, 0.15) is 0 Å². The number of hydrogen-bond acceptors (Lipinski definition) is 1. The predicted molar refractivity (Wildman–Crippen MR) is 129 cm³/mol. The summed E-state index contributed by atoms with van der Waals surface area (Å²) in [6, 6.07) is 36.9. The van der Waals surface area contributed by atoms with E-state index in [1.54, 1.807) is 0 Å². The molecule has 0 unspecified atom stereocenters. The molecule has 0 radical (unpaired) electrons. The summed E-state index contributed by atoms with van der Waals surface area (Å²) in [4.78, 5) is 0. The first-order valence-corrected chi connectivity index (χ1v) is 10.8. The second-order valence-corrected chi connectivity index (χ2v) is 8.23. The average molecular weight is 399 g/mol. The maximum Gasteiger partial charge on any atom is 0.0681 e. The van der Waals surface area contributed by atoms with E-state index >= 15 is 0 Å². The SMILES string of the molecule is OCc1ccc(-c2c(-c3cccc4c3Cc3ccccc3-4)ccc3ccccc23)cc1. The zero-order chi connectivity index (χ0) is 20.8. The molecule has 0 saturated carbocycles. The Morgan fingerprint density at radius 1 is 0.581 bits per heavy atom. The van der Waals surface area contributed by atoms with Gasteiger partial charge in [-0.05, 0) is 67.3 Å². The number of fused-ring (bicyclic) bond motifs is 4. The van der Waals surface area contributed by atoms with Gasteiger partial charge in [0.25, 0.3) is 0 Å². The highest BCUT2D eigenvalue weighted by Crippen LogP contribution is 2.45. The van der Waals surface area contributed by atoms with Crippen LogP contribution in [0, 0.1) is 0 Å². The van der Waals surface area contributed by atoms with Crippen LogP contribution in [0.5, 0.6) is 0 Å². The van der Waals surface area contributed by atoms with Gasteiger partial charge in [-0.1, -0.05) is 103 Å². The van der Waals surface area contributed by atoms with E-state index in [9.17, 15) is 5.11 Å². The molecule has 0 aromatic heterocycles. The van der Waals surface area contributed by atoms with E-state index in [0.717, 1.165) is 12.0 Å². The minimum atomic E-state index is 0.0626. The van der Waals surface area contributed by atoms with Gasteiger partial charge in [0.15, 0.2) is 0 Å². The van der Waals surface area contributed by atoms with Crippen molar-refractivity contribution in [1.82, 2.24) is 0 Å². The highest BCUT2D eigenvalue weighted by atomic mass is 16.3. The molecule has 1 N–H and O–H groups in total. The number of rotatable bonds is 3. The molecule has 0 aliphatic heterocycles. The quantitative estimate of drug-likeness (QED) is 0.333. The van der Waals surface area contributed by atoms with Crippen LogP contribution >= 0.6 is 0 Å². The van der Waals surface area contributed by atoms with Crippen molar-refractivity contribution in [3.8, 4) is 33.4 Å². The fourth-order valence-corrected chi connectivity index (χ4v) is 4.99. The van der Waals surface area contributed by atoms with Crippen LogP contribution in [0.4, 0.5) is 0 Å². The van der Waals surface area contributed by atoms with Gasteiger partial charge in [0.05, 0.1) is 6.61 Å². The highest BCUT2D eigenvalue weighted by molar-refractivity contribution is 6.05. The summed E-state index contributed by atoms with van der Waals surface area (Å²) < 4.78 is 0. The van der Waals surface area contributed by atoms with E-state index in [2.05, 4.69) is 91.0 Å². The van der Waals surface area contributed by atoms with Crippen LogP contribution in [0.1, 0.15) is 16.7 Å². The maximum atomic E-state index is 9.50. The molecule has 0 saturated heterocycles. The lowest BCUT2D eigenvalue weighted by molar-refractivity contribution is 0.282. The third-order valence-corrected chi connectivity index (χ3v) is 6.50. The fraction of sp³-hybridized carbons (Fsp3) is 0.0667. The van der Waals surface area contributed by atoms with Gasteiger partial charge >= 0.3 is 0 Å². The Morgan fingerprint density at radius 3 is 2.13 bits per heavy atom. The first-order chi connectivity index (χ1) is 15.3. The van der Waals surface area contributed by atoms with Crippen LogP contribution in [-0.4, -0.2) is 5.11 Å². The third kappa shape index (κ3) is 2.90. The molecule has 0 atom stereocenters. The topological polar surface area (TPSA) is 20.2 Å². The minimum absolute atomic E-state index is 0.0626. The number of aliphatic hydroxyl groups is 1. The van der Waals surface area contributed by atoms with Gasteiger partial charge < -0.3 is 5.11 Å². The minimum Gasteiger partial charge on any atom is -0.392 e. The van der Waals surface area contributed by atoms with Crippen molar-refractivity contribution >= 4 is 10.8 Å². The summed E-state index contributed by atoms with van der Waals surface area (Å²) in [7, 11) is 0. The molecular formula is C30H22O. The maximum absolute atomic E-state index is 9.50. The van der Waals surface area contributed by atoms with Gasteiger partial charge in [0.2, 0.25) is 0 Å². The molecule has 1 heteroatoms. The summed E-state index contributed by atoms with van der Waals surface area (Å²) >= 11 is 0. The molecule has 0 amide bonds. The van der Waals surface area contributed by atoms with Crippen LogP contribution in [-0.2, 0) is 13.0 Å². The molecule has 5 aromatic carbocycles. The monoisotopic (exact) mass is 398 g/mol. The van der Waals surface area contributed by atoms with E-state index in [0.29, 0.717) is 0 Å². The van der Waals surface area contributed by atoms with Gasteiger partial charge in [-0.2, -0.15) is 0 Å². The number of hydrogen-bond donors (Lipinski definition) is 1. The second kappa shape index (κ2) is 7.23. The van der Waals surface area contributed by atoms with E-state index in [-0.39, 0.29) is 6.61 Å². The molecular weight excluding hydrogens is 376 g/mol. The first kappa shape index (κ1) is 18.1. The third-order valence-electron chi connectivity index (χ3n) is 6.50. The molecule has 6 rings (SSSR count). The standard InChI is InChI=1S/C30H22O/c31-19-20-12-14-22(15-13-20)30-25-9-4-1-6-21(25)16-17-28(30)27-11-5-10-26-24-8-3-2-7-23(24)18-29(26)27/h1-17,31H,18-19H2. The van der Waals surface area contributed by atoms with Gasteiger partial charge in [-0.3, -0.25) is 0 Å². The molecule has 0 bridgehead atoms. The van der Waals surface area contributed by atoms with Crippen LogP contribution < -0.4 is 0 Å². The zero-order valence-corrected chi connectivity index (χ0v) is 17.2. The molecule has 0 spiro atoms. The summed E-state index contributed by atoms with van der Waals surface area (Å²) in [6.07, 6.45) is 0.970. The van der Waals surface area contributed by atoms with Crippen molar-refractivity contribution in [3.63, 3.8) is 0 Å². The van der Waals surface area contributed by atoms with E-state index in [1.165, 1.54) is 55.3 Å². The summed E-state index contributed by atoms with van der Waals surface area (Å²) in [6.45, 7) is 0.0626. The summed E-state index contributed by atoms with van der Waals surface area (Å²) in [5, 5.41) is 12.0. The van der Waals surface area contributed by atoms with Crippen molar-refractivity contribution < 1.29 is 5.11 Å². The van der Waals surface area contributed by atoms with Crippen LogP contribution in [0.2, 0.25) is 0 Å². The van der Waals surface area contributed by atoms with E-state index in [4.69, 9.17) is 0 Å². The van der Waals surface area contributed by atoms with Crippen molar-refractivity contribution in [2.75, 3.05) is 0 Å². The van der Waals surface area contributed by atoms with Gasteiger partial charge in [-0.15, -0.1) is 0 Å². The lowest BCUT2D eigenvalue weighted by Crippen LogP contribution is -1.93. The average Bonchev–Trinajstić information content (AvgIpc) is 3.22. The number of aliphatic hydroxyl groups excluding tert-OH is 1. The molecule has 1 aliphatic carbocycles. The van der Waals surface area contributed by atoms with E-state index < -0.39 is 0 Å². The lowest BCUT2D eigenvalue weighted by atomic mass is 9.86. The Morgan fingerprint density at radius 2 is 1.29 bits per heavy atom. The lowest BCUT2D eigenvalue weighted by Gasteiger charge is -2.17. The van der Waals surface area contributed by atoms with Crippen LogP contribution in [0.3, 0.4) is 0 Å². The van der Waals surface area contributed by atoms with Crippen molar-refractivity contribution in [2.45, 2.75) is 13.0 Å². The number of benzene rings is 5. The highest BCUT2D eigenvalue weighted by Gasteiger charge is 2.23. The van der Waals surface area contributed by atoms with E-state index in [1.807, 2.05) is 12.1 Å². The molecule has 148 valence electrons. The molecule has 1 nitrogen and oxygen atoms in total. The molecule has 5 aromatic rings. The molecule has 1 aliphatic rings.